The molecule has 0 amide bonds. The summed E-state index contributed by atoms with van der Waals surface area (Å²) in [5.41, 5.74) is -0.0890. The smallest absolute Gasteiger partial charge is 0.211 e. The lowest BCUT2D eigenvalue weighted by atomic mass is 9.79. The third kappa shape index (κ3) is 2.16. The molecule has 0 aromatic carbocycles. The van der Waals surface area contributed by atoms with Crippen LogP contribution in [0.4, 0.5) is 0 Å². The van der Waals surface area contributed by atoms with Crippen molar-refractivity contribution in [1.29, 1.82) is 0 Å². The van der Waals surface area contributed by atoms with Crippen molar-refractivity contribution in [2.45, 2.75) is 45.1 Å². The molecule has 1 aliphatic rings. The number of carbonyl (C=O) groups excluding carboxylic acids is 1. The molecule has 0 aromatic heterocycles. The molecule has 1 saturated carbocycles. The molecular weight excluding hydrogens is 138 g/mol. The average Bonchev–Trinajstić information content (AvgIpc) is 1.97. The van der Waals surface area contributed by atoms with Gasteiger partial charge in [0.2, 0.25) is 6.08 Å². The number of rotatable bonds is 1. The minimum absolute atomic E-state index is 0.0890. The van der Waals surface area contributed by atoms with Crippen molar-refractivity contribution >= 4 is 6.08 Å². The minimum Gasteiger partial charge on any atom is -0.211 e. The molecule has 62 valence electrons. The van der Waals surface area contributed by atoms with E-state index >= 15 is 0 Å². The van der Waals surface area contributed by atoms with Gasteiger partial charge in [0, 0.05) is 0 Å². The second-order valence-electron chi connectivity index (χ2n) is 3.88. The van der Waals surface area contributed by atoms with Crippen molar-refractivity contribution in [3.63, 3.8) is 0 Å². The first-order valence-corrected chi connectivity index (χ1v) is 4.25. The highest BCUT2D eigenvalue weighted by atomic mass is 16.1. The first-order chi connectivity index (χ1) is 5.16. The molecule has 1 aliphatic carbocycles. The predicted octanol–water partition coefficient (Wildman–Crippen LogP) is 2.29. The van der Waals surface area contributed by atoms with E-state index in [1.807, 2.05) is 6.92 Å². The van der Waals surface area contributed by atoms with Crippen LogP contribution in [0.1, 0.15) is 39.5 Å². The highest BCUT2D eigenvalue weighted by Gasteiger charge is 2.28. The summed E-state index contributed by atoms with van der Waals surface area (Å²) in [7, 11) is 0. The number of hydrogen-bond donors (Lipinski definition) is 0. The molecule has 1 fully saturated rings. The lowest BCUT2D eigenvalue weighted by Gasteiger charge is -2.31. The van der Waals surface area contributed by atoms with Crippen molar-refractivity contribution in [2.24, 2.45) is 10.9 Å². The summed E-state index contributed by atoms with van der Waals surface area (Å²) in [6, 6.07) is 0. The Kier molecular flexibility index (Phi) is 2.45. The quantitative estimate of drug-likeness (QED) is 0.420. The molecule has 0 spiro atoms. The van der Waals surface area contributed by atoms with E-state index in [2.05, 4.69) is 11.9 Å². The van der Waals surface area contributed by atoms with Crippen molar-refractivity contribution < 1.29 is 4.79 Å². The van der Waals surface area contributed by atoms with Crippen molar-refractivity contribution in [3.05, 3.63) is 0 Å². The van der Waals surface area contributed by atoms with Crippen LogP contribution in [0.25, 0.3) is 0 Å². The Bertz CT molecular complexity index is 174. The Hall–Kier alpha value is -0.620. The summed E-state index contributed by atoms with van der Waals surface area (Å²) in [5.74, 6) is 0.810. The van der Waals surface area contributed by atoms with Crippen molar-refractivity contribution in [3.8, 4) is 0 Å². The molecule has 0 atom stereocenters. The normalized spacial score (nSPS) is 37.8. The Morgan fingerprint density at radius 1 is 1.45 bits per heavy atom. The molecule has 2 nitrogen and oxygen atoms in total. The SMILES string of the molecule is C[C@H]1CC[C@@](C)(N=C=O)CC1. The number of aliphatic imine (C=N–C) groups is 1. The largest absolute Gasteiger partial charge is 0.235 e. The van der Waals surface area contributed by atoms with Gasteiger partial charge in [-0.3, -0.25) is 0 Å². The van der Waals surface area contributed by atoms with Crippen LogP contribution in [0.15, 0.2) is 4.99 Å². The summed E-state index contributed by atoms with van der Waals surface area (Å²) in [6.07, 6.45) is 6.15. The molecule has 1 rings (SSSR count). The third-order valence-corrected chi connectivity index (χ3v) is 2.67. The van der Waals surface area contributed by atoms with Gasteiger partial charge in [-0.2, -0.15) is 4.99 Å². The molecule has 11 heavy (non-hydrogen) atoms. The lowest BCUT2D eigenvalue weighted by molar-refractivity contribution is 0.266. The molecule has 0 aromatic rings. The van der Waals surface area contributed by atoms with Gasteiger partial charge in [0.25, 0.3) is 0 Å². The van der Waals surface area contributed by atoms with Gasteiger partial charge in [-0.15, -0.1) is 0 Å². The molecule has 0 unspecified atom stereocenters. The molecule has 2 heteroatoms. The number of isocyanates is 1. The summed E-state index contributed by atoms with van der Waals surface area (Å²) < 4.78 is 0. The summed E-state index contributed by atoms with van der Waals surface area (Å²) in [5, 5.41) is 0. The van der Waals surface area contributed by atoms with Gasteiger partial charge in [-0.1, -0.05) is 6.92 Å². The van der Waals surface area contributed by atoms with E-state index in [4.69, 9.17) is 0 Å². The van der Waals surface area contributed by atoms with Crippen LogP contribution in [0.5, 0.6) is 0 Å². The minimum atomic E-state index is -0.0890. The Balaban J connectivity index is 2.54. The first kappa shape index (κ1) is 8.48. The highest BCUT2D eigenvalue weighted by Crippen LogP contribution is 2.33. The number of hydrogen-bond acceptors (Lipinski definition) is 2. The van der Waals surface area contributed by atoms with Crippen molar-refractivity contribution in [1.82, 2.24) is 0 Å². The van der Waals surface area contributed by atoms with Crippen molar-refractivity contribution in [2.75, 3.05) is 0 Å². The van der Waals surface area contributed by atoms with E-state index in [1.54, 1.807) is 6.08 Å². The van der Waals surface area contributed by atoms with E-state index < -0.39 is 0 Å². The van der Waals surface area contributed by atoms with Gasteiger partial charge in [-0.25, -0.2) is 4.79 Å². The van der Waals surface area contributed by atoms with Gasteiger partial charge in [0.1, 0.15) is 0 Å². The van der Waals surface area contributed by atoms with E-state index in [9.17, 15) is 4.79 Å². The van der Waals surface area contributed by atoms with Crippen LogP contribution in [-0.2, 0) is 4.79 Å². The van der Waals surface area contributed by atoms with Crippen LogP contribution in [-0.4, -0.2) is 11.6 Å². The Labute approximate surface area is 67.7 Å². The monoisotopic (exact) mass is 153 g/mol. The topological polar surface area (TPSA) is 29.4 Å². The van der Waals surface area contributed by atoms with Gasteiger partial charge < -0.3 is 0 Å². The third-order valence-electron chi connectivity index (χ3n) is 2.67. The first-order valence-electron chi connectivity index (χ1n) is 4.25. The second-order valence-corrected chi connectivity index (χ2v) is 3.88. The molecule has 0 aliphatic heterocycles. The molecule has 0 bridgehead atoms. The van der Waals surface area contributed by atoms with Crippen LogP contribution in [0.3, 0.4) is 0 Å². The summed E-state index contributed by atoms with van der Waals surface area (Å²) in [6.45, 7) is 4.30. The van der Waals surface area contributed by atoms with E-state index in [0.717, 1.165) is 18.8 Å². The molecule has 0 saturated heterocycles. The summed E-state index contributed by atoms with van der Waals surface area (Å²) >= 11 is 0. The van der Waals surface area contributed by atoms with Gasteiger partial charge in [0.05, 0.1) is 5.54 Å². The summed E-state index contributed by atoms with van der Waals surface area (Å²) in [4.78, 5) is 13.9. The van der Waals surface area contributed by atoms with Crippen LogP contribution >= 0.6 is 0 Å². The fraction of sp³-hybridized carbons (Fsp3) is 0.889. The van der Waals surface area contributed by atoms with Gasteiger partial charge in [-0.05, 0) is 38.5 Å². The van der Waals surface area contributed by atoms with E-state index in [0.29, 0.717) is 0 Å². The molecule has 0 heterocycles. The van der Waals surface area contributed by atoms with Gasteiger partial charge in [0.15, 0.2) is 0 Å². The molecule has 0 radical (unpaired) electrons. The zero-order valence-corrected chi connectivity index (χ0v) is 7.26. The zero-order chi connectivity index (χ0) is 8.32. The fourth-order valence-electron chi connectivity index (χ4n) is 1.61. The average molecular weight is 153 g/mol. The van der Waals surface area contributed by atoms with E-state index in [1.165, 1.54) is 12.8 Å². The Morgan fingerprint density at radius 3 is 2.45 bits per heavy atom. The maximum absolute atomic E-state index is 10.1. The van der Waals surface area contributed by atoms with Gasteiger partial charge >= 0.3 is 0 Å². The van der Waals surface area contributed by atoms with Crippen LogP contribution in [0, 0.1) is 5.92 Å². The van der Waals surface area contributed by atoms with Crippen LogP contribution in [0.2, 0.25) is 0 Å². The number of nitrogens with zero attached hydrogens (tertiary/aromatic N) is 1. The molecular formula is C9H15NO. The Morgan fingerprint density at radius 2 is 2.00 bits per heavy atom. The van der Waals surface area contributed by atoms with Crippen LogP contribution < -0.4 is 0 Å². The molecule has 0 N–H and O–H groups in total. The van der Waals surface area contributed by atoms with E-state index in [-0.39, 0.29) is 5.54 Å². The second kappa shape index (κ2) is 3.19. The lowest BCUT2D eigenvalue weighted by Crippen LogP contribution is -2.27. The fourth-order valence-corrected chi connectivity index (χ4v) is 1.61. The maximum Gasteiger partial charge on any atom is 0.235 e. The zero-order valence-electron chi connectivity index (χ0n) is 7.26. The maximum atomic E-state index is 10.1. The predicted molar refractivity (Wildman–Crippen MR) is 44.2 cm³/mol. The highest BCUT2D eigenvalue weighted by molar-refractivity contribution is 5.34. The standard InChI is InChI=1S/C9H15NO/c1-8-3-5-9(2,6-4-8)10-7-11/h8H,3-6H2,1-2H3/t8-,9+.